The Morgan fingerprint density at radius 1 is 1.35 bits per heavy atom. The summed E-state index contributed by atoms with van der Waals surface area (Å²) < 4.78 is 5.68. The van der Waals surface area contributed by atoms with Crippen molar-refractivity contribution in [2.45, 2.75) is 13.5 Å². The quantitative estimate of drug-likeness (QED) is 0.845. The Labute approximate surface area is 105 Å². The van der Waals surface area contributed by atoms with Gasteiger partial charge in [0.25, 0.3) is 0 Å². The van der Waals surface area contributed by atoms with E-state index in [-0.39, 0.29) is 0 Å². The molecule has 0 radical (unpaired) electrons. The van der Waals surface area contributed by atoms with Crippen LogP contribution >= 0.6 is 12.2 Å². The Balaban J connectivity index is 2.52. The maximum atomic E-state index is 5.16. The molecule has 17 heavy (non-hydrogen) atoms. The first-order valence-electron chi connectivity index (χ1n) is 5.36. The lowest BCUT2D eigenvalue weighted by atomic mass is 10.1. The summed E-state index contributed by atoms with van der Waals surface area (Å²) in [5, 5.41) is 0. The van der Waals surface area contributed by atoms with Gasteiger partial charge in [0.05, 0.1) is 6.61 Å². The predicted molar refractivity (Wildman–Crippen MR) is 70.3 cm³/mol. The van der Waals surface area contributed by atoms with Gasteiger partial charge in [0.15, 0.2) is 0 Å². The van der Waals surface area contributed by atoms with Crippen molar-refractivity contribution in [3.05, 3.63) is 46.2 Å². The van der Waals surface area contributed by atoms with E-state index in [1.165, 1.54) is 5.56 Å². The van der Waals surface area contributed by atoms with E-state index in [4.69, 9.17) is 17.0 Å². The van der Waals surface area contributed by atoms with E-state index in [9.17, 15) is 0 Å². The van der Waals surface area contributed by atoms with Gasteiger partial charge in [0.2, 0.25) is 0 Å². The van der Waals surface area contributed by atoms with Crippen LogP contribution in [-0.4, -0.2) is 17.1 Å². The minimum atomic E-state index is 0.505. The van der Waals surface area contributed by atoms with Crippen molar-refractivity contribution in [2.75, 3.05) is 7.11 Å². The Morgan fingerprint density at radius 3 is 2.82 bits per heavy atom. The second kappa shape index (κ2) is 5.21. The molecule has 0 atom stereocenters. The zero-order valence-corrected chi connectivity index (χ0v) is 10.7. The summed E-state index contributed by atoms with van der Waals surface area (Å²) in [5.41, 5.74) is 3.17. The van der Waals surface area contributed by atoms with E-state index in [2.05, 4.69) is 23.0 Å². The minimum absolute atomic E-state index is 0.505. The SMILES string of the molecule is COCc1cc(=S)nc(-c2ccccc2C)[nH]1. The molecule has 0 aliphatic heterocycles. The molecule has 2 aromatic rings. The lowest BCUT2D eigenvalue weighted by Gasteiger charge is -2.07. The number of aromatic nitrogens is 2. The summed E-state index contributed by atoms with van der Waals surface area (Å²) in [6.07, 6.45) is 0. The molecular formula is C13H14N2OS. The molecular weight excluding hydrogens is 232 g/mol. The van der Waals surface area contributed by atoms with Crippen molar-refractivity contribution in [2.24, 2.45) is 0 Å². The van der Waals surface area contributed by atoms with E-state index in [0.717, 1.165) is 17.1 Å². The average Bonchev–Trinajstić information content (AvgIpc) is 2.29. The Kier molecular flexibility index (Phi) is 3.66. The fourth-order valence-corrected chi connectivity index (χ4v) is 1.94. The average molecular weight is 246 g/mol. The first-order valence-corrected chi connectivity index (χ1v) is 5.76. The first kappa shape index (κ1) is 12.0. The number of ether oxygens (including phenoxy) is 1. The van der Waals surface area contributed by atoms with E-state index < -0.39 is 0 Å². The van der Waals surface area contributed by atoms with Gasteiger partial charge in [-0.2, -0.15) is 0 Å². The highest BCUT2D eigenvalue weighted by Crippen LogP contribution is 2.19. The highest BCUT2D eigenvalue weighted by molar-refractivity contribution is 7.71. The summed E-state index contributed by atoms with van der Waals surface area (Å²) in [4.78, 5) is 7.59. The van der Waals surface area contributed by atoms with Crippen molar-refractivity contribution < 1.29 is 4.74 Å². The van der Waals surface area contributed by atoms with E-state index in [0.29, 0.717) is 11.2 Å². The normalized spacial score (nSPS) is 10.5. The van der Waals surface area contributed by atoms with Crippen molar-refractivity contribution in [1.29, 1.82) is 0 Å². The van der Waals surface area contributed by atoms with E-state index in [1.807, 2.05) is 24.3 Å². The molecule has 0 amide bonds. The number of hydrogen-bond donors (Lipinski definition) is 1. The van der Waals surface area contributed by atoms with Gasteiger partial charge in [0, 0.05) is 18.4 Å². The second-order valence-corrected chi connectivity index (χ2v) is 4.26. The molecule has 2 rings (SSSR count). The maximum absolute atomic E-state index is 5.16. The molecule has 0 aliphatic carbocycles. The van der Waals surface area contributed by atoms with Gasteiger partial charge in [-0.1, -0.05) is 36.5 Å². The number of nitrogens with one attached hydrogen (secondary N) is 1. The zero-order chi connectivity index (χ0) is 12.3. The molecule has 1 heterocycles. The van der Waals surface area contributed by atoms with Crippen LogP contribution in [0.1, 0.15) is 11.3 Å². The van der Waals surface area contributed by atoms with Crippen molar-refractivity contribution in [1.82, 2.24) is 9.97 Å². The largest absolute Gasteiger partial charge is 0.378 e. The van der Waals surface area contributed by atoms with Gasteiger partial charge in [-0.05, 0) is 18.6 Å². The molecule has 1 N–H and O–H groups in total. The minimum Gasteiger partial charge on any atom is -0.378 e. The van der Waals surface area contributed by atoms with Gasteiger partial charge in [-0.25, -0.2) is 4.98 Å². The molecule has 4 heteroatoms. The third-order valence-electron chi connectivity index (χ3n) is 2.50. The second-order valence-electron chi connectivity index (χ2n) is 3.84. The van der Waals surface area contributed by atoms with Crippen LogP contribution in [-0.2, 0) is 11.3 Å². The van der Waals surface area contributed by atoms with Crippen LogP contribution in [0.5, 0.6) is 0 Å². The highest BCUT2D eigenvalue weighted by atomic mass is 32.1. The van der Waals surface area contributed by atoms with Crippen LogP contribution in [0.3, 0.4) is 0 Å². The van der Waals surface area contributed by atoms with Crippen LogP contribution < -0.4 is 0 Å². The molecule has 0 fully saturated rings. The molecule has 0 unspecified atom stereocenters. The summed E-state index contributed by atoms with van der Waals surface area (Å²) in [6, 6.07) is 9.90. The summed E-state index contributed by atoms with van der Waals surface area (Å²) in [5.74, 6) is 0.794. The van der Waals surface area contributed by atoms with Crippen molar-refractivity contribution >= 4 is 12.2 Å². The number of hydrogen-bond acceptors (Lipinski definition) is 3. The monoisotopic (exact) mass is 246 g/mol. The van der Waals surface area contributed by atoms with Gasteiger partial charge in [0.1, 0.15) is 10.5 Å². The molecule has 0 saturated carbocycles. The zero-order valence-electron chi connectivity index (χ0n) is 9.86. The van der Waals surface area contributed by atoms with E-state index >= 15 is 0 Å². The van der Waals surface area contributed by atoms with Crippen molar-refractivity contribution in [3.63, 3.8) is 0 Å². The number of aromatic amines is 1. The Hall–Kier alpha value is -1.52. The number of aryl methyl sites for hydroxylation is 1. The highest BCUT2D eigenvalue weighted by Gasteiger charge is 2.04. The first-order chi connectivity index (χ1) is 8.20. The molecule has 3 nitrogen and oxygen atoms in total. The molecule has 0 spiro atoms. The number of nitrogens with zero attached hydrogens (tertiary/aromatic N) is 1. The molecule has 0 aliphatic rings. The maximum Gasteiger partial charge on any atom is 0.139 e. The fourth-order valence-electron chi connectivity index (χ4n) is 1.71. The number of H-pyrrole nitrogens is 1. The number of rotatable bonds is 3. The third-order valence-corrected chi connectivity index (χ3v) is 2.71. The van der Waals surface area contributed by atoms with Crippen LogP contribution in [0.2, 0.25) is 0 Å². The summed E-state index contributed by atoms with van der Waals surface area (Å²) in [7, 11) is 1.66. The van der Waals surface area contributed by atoms with Crippen LogP contribution in [0.4, 0.5) is 0 Å². The Morgan fingerprint density at radius 2 is 2.12 bits per heavy atom. The fraction of sp³-hybridized carbons (Fsp3) is 0.231. The third kappa shape index (κ3) is 2.78. The molecule has 1 aromatic heterocycles. The predicted octanol–water partition coefficient (Wildman–Crippen LogP) is 3.26. The topological polar surface area (TPSA) is 37.9 Å². The van der Waals surface area contributed by atoms with Gasteiger partial charge < -0.3 is 9.72 Å². The standard InChI is InChI=1S/C13H14N2OS/c1-9-5-3-4-6-11(9)13-14-10(8-16-2)7-12(17)15-13/h3-7H,8H2,1-2H3,(H,14,15,17). The number of methoxy groups -OCH3 is 1. The smallest absolute Gasteiger partial charge is 0.139 e. The summed E-state index contributed by atoms with van der Waals surface area (Å²) in [6.45, 7) is 2.56. The van der Waals surface area contributed by atoms with Crippen LogP contribution in [0.15, 0.2) is 30.3 Å². The van der Waals surface area contributed by atoms with Gasteiger partial charge in [-0.3, -0.25) is 0 Å². The lowest BCUT2D eigenvalue weighted by molar-refractivity contribution is 0.181. The molecule has 0 bridgehead atoms. The number of benzene rings is 1. The molecule has 88 valence electrons. The van der Waals surface area contributed by atoms with Gasteiger partial charge >= 0.3 is 0 Å². The van der Waals surface area contributed by atoms with Crippen LogP contribution in [0, 0.1) is 11.6 Å². The lowest BCUT2D eigenvalue weighted by Crippen LogP contribution is -1.98. The summed E-state index contributed by atoms with van der Waals surface area (Å²) >= 11 is 5.16. The van der Waals surface area contributed by atoms with Gasteiger partial charge in [-0.15, -0.1) is 0 Å². The van der Waals surface area contributed by atoms with E-state index in [1.54, 1.807) is 7.11 Å². The van der Waals surface area contributed by atoms with Crippen molar-refractivity contribution in [3.8, 4) is 11.4 Å². The Bertz CT molecular complexity index is 578. The molecule has 1 aromatic carbocycles. The van der Waals surface area contributed by atoms with Crippen LogP contribution in [0.25, 0.3) is 11.4 Å². The molecule has 0 saturated heterocycles.